The predicted molar refractivity (Wildman–Crippen MR) is 65.7 cm³/mol. The standard InChI is InChI=1S/C15H21NO/c1-10-16-13(8-17-10)15-6-11-3-12(7-15)5-14(2,4-11)9-15/h8,11-12H,3-7,9H2,1-2H3/t11-,12-,14?,15?/m0/s1. The van der Waals surface area contributed by atoms with E-state index in [0.29, 0.717) is 10.8 Å². The van der Waals surface area contributed by atoms with Crippen molar-refractivity contribution in [2.45, 2.75) is 57.8 Å². The molecular weight excluding hydrogens is 210 g/mol. The average Bonchev–Trinajstić information content (AvgIpc) is 2.61. The number of oxazole rings is 1. The fourth-order valence-electron chi connectivity index (χ4n) is 5.63. The first kappa shape index (κ1) is 10.2. The van der Waals surface area contributed by atoms with Crippen LogP contribution in [-0.2, 0) is 5.41 Å². The molecule has 2 heteroatoms. The Kier molecular flexibility index (Phi) is 1.77. The molecule has 0 saturated heterocycles. The summed E-state index contributed by atoms with van der Waals surface area (Å²) < 4.78 is 5.48. The van der Waals surface area contributed by atoms with Gasteiger partial charge in [0.05, 0.1) is 5.69 Å². The number of hydrogen-bond donors (Lipinski definition) is 0. The molecule has 0 unspecified atom stereocenters. The van der Waals surface area contributed by atoms with Crippen LogP contribution in [0.5, 0.6) is 0 Å². The number of hydrogen-bond acceptors (Lipinski definition) is 2. The zero-order chi connectivity index (χ0) is 11.7. The van der Waals surface area contributed by atoms with E-state index in [9.17, 15) is 0 Å². The first-order valence-corrected chi connectivity index (χ1v) is 7.00. The number of nitrogens with zero attached hydrogens (tertiary/aromatic N) is 1. The highest BCUT2D eigenvalue weighted by Crippen LogP contribution is 2.65. The summed E-state index contributed by atoms with van der Waals surface area (Å²) in [7, 11) is 0. The van der Waals surface area contributed by atoms with E-state index in [1.54, 1.807) is 0 Å². The maximum Gasteiger partial charge on any atom is 0.191 e. The van der Waals surface area contributed by atoms with Gasteiger partial charge in [-0.15, -0.1) is 0 Å². The van der Waals surface area contributed by atoms with Crippen LogP contribution < -0.4 is 0 Å². The minimum atomic E-state index is 0.372. The lowest BCUT2D eigenvalue weighted by Crippen LogP contribution is -2.53. The van der Waals surface area contributed by atoms with E-state index in [1.165, 1.54) is 44.2 Å². The van der Waals surface area contributed by atoms with E-state index in [0.717, 1.165) is 17.7 Å². The molecule has 0 aromatic carbocycles. The SMILES string of the molecule is Cc1nc(C23C[C@H]4C[C@@H](CC(C)(C4)C2)C3)co1. The van der Waals surface area contributed by atoms with Crippen LogP contribution in [0.3, 0.4) is 0 Å². The Morgan fingerprint density at radius 3 is 2.47 bits per heavy atom. The van der Waals surface area contributed by atoms with Crippen LogP contribution in [0.25, 0.3) is 0 Å². The molecule has 0 N–H and O–H groups in total. The first-order chi connectivity index (χ1) is 8.07. The van der Waals surface area contributed by atoms with Gasteiger partial charge in [-0.25, -0.2) is 4.98 Å². The molecule has 92 valence electrons. The summed E-state index contributed by atoms with van der Waals surface area (Å²) >= 11 is 0. The Labute approximate surface area is 103 Å². The molecular formula is C15H21NO. The van der Waals surface area contributed by atoms with Crippen LogP contribution in [0.15, 0.2) is 10.7 Å². The summed E-state index contributed by atoms with van der Waals surface area (Å²) in [4.78, 5) is 4.67. The third-order valence-corrected chi connectivity index (χ3v) is 5.52. The highest BCUT2D eigenvalue weighted by Gasteiger charge is 2.57. The summed E-state index contributed by atoms with van der Waals surface area (Å²) in [6, 6.07) is 0. The Hall–Kier alpha value is -0.790. The van der Waals surface area contributed by atoms with Crippen molar-refractivity contribution in [3.05, 3.63) is 17.8 Å². The van der Waals surface area contributed by atoms with E-state index >= 15 is 0 Å². The summed E-state index contributed by atoms with van der Waals surface area (Å²) in [6.45, 7) is 4.47. The van der Waals surface area contributed by atoms with Crippen LogP contribution in [0.2, 0.25) is 0 Å². The van der Waals surface area contributed by atoms with Gasteiger partial charge in [-0.1, -0.05) is 6.92 Å². The molecule has 2 atom stereocenters. The van der Waals surface area contributed by atoms with Crippen LogP contribution in [-0.4, -0.2) is 4.98 Å². The van der Waals surface area contributed by atoms with Crippen molar-refractivity contribution in [3.8, 4) is 0 Å². The van der Waals surface area contributed by atoms with Crippen molar-refractivity contribution in [2.75, 3.05) is 0 Å². The topological polar surface area (TPSA) is 26.0 Å². The fourth-order valence-corrected chi connectivity index (χ4v) is 5.63. The van der Waals surface area contributed by atoms with Gasteiger partial charge in [0.2, 0.25) is 0 Å². The quantitative estimate of drug-likeness (QED) is 0.734. The van der Waals surface area contributed by atoms with Gasteiger partial charge in [0, 0.05) is 12.3 Å². The smallest absolute Gasteiger partial charge is 0.191 e. The van der Waals surface area contributed by atoms with Gasteiger partial charge in [-0.2, -0.15) is 0 Å². The van der Waals surface area contributed by atoms with Crippen molar-refractivity contribution in [3.63, 3.8) is 0 Å². The van der Waals surface area contributed by atoms with E-state index in [1.807, 2.05) is 13.2 Å². The van der Waals surface area contributed by atoms with Crippen LogP contribution >= 0.6 is 0 Å². The first-order valence-electron chi connectivity index (χ1n) is 7.00. The molecule has 4 bridgehead atoms. The van der Waals surface area contributed by atoms with E-state index < -0.39 is 0 Å². The molecule has 1 aromatic rings. The van der Waals surface area contributed by atoms with Crippen molar-refractivity contribution in [2.24, 2.45) is 17.3 Å². The lowest BCUT2D eigenvalue weighted by molar-refractivity contribution is -0.0631. The second-order valence-corrected chi connectivity index (χ2v) is 7.30. The van der Waals surface area contributed by atoms with Gasteiger partial charge in [-0.3, -0.25) is 0 Å². The van der Waals surface area contributed by atoms with Gasteiger partial charge in [0.15, 0.2) is 5.89 Å². The second kappa shape index (κ2) is 2.96. The van der Waals surface area contributed by atoms with E-state index in [2.05, 4.69) is 11.9 Å². The summed E-state index contributed by atoms with van der Waals surface area (Å²) in [5, 5.41) is 0. The summed E-state index contributed by atoms with van der Waals surface area (Å²) in [5.74, 6) is 2.75. The lowest BCUT2D eigenvalue weighted by Gasteiger charge is -2.60. The molecule has 4 saturated carbocycles. The molecule has 4 aliphatic rings. The number of aryl methyl sites for hydroxylation is 1. The Bertz CT molecular complexity index is 447. The van der Waals surface area contributed by atoms with Crippen molar-refractivity contribution in [1.82, 2.24) is 4.98 Å². The molecule has 4 aliphatic carbocycles. The molecule has 0 aliphatic heterocycles. The normalized spacial score (nSPS) is 47.6. The molecule has 4 fully saturated rings. The van der Waals surface area contributed by atoms with Gasteiger partial charge in [0.1, 0.15) is 6.26 Å². The highest BCUT2D eigenvalue weighted by atomic mass is 16.3. The zero-order valence-corrected chi connectivity index (χ0v) is 10.8. The predicted octanol–water partition coefficient (Wildman–Crippen LogP) is 3.84. The Balaban J connectivity index is 1.79. The summed E-state index contributed by atoms with van der Waals surface area (Å²) in [5.41, 5.74) is 2.23. The largest absolute Gasteiger partial charge is 0.449 e. The molecule has 0 amide bonds. The number of rotatable bonds is 1. The molecule has 0 radical (unpaired) electrons. The van der Waals surface area contributed by atoms with Gasteiger partial charge < -0.3 is 4.42 Å². The second-order valence-electron chi connectivity index (χ2n) is 7.30. The zero-order valence-electron chi connectivity index (χ0n) is 10.8. The molecule has 0 spiro atoms. The molecule has 17 heavy (non-hydrogen) atoms. The van der Waals surface area contributed by atoms with Crippen LogP contribution in [0.1, 0.15) is 57.0 Å². The van der Waals surface area contributed by atoms with E-state index in [4.69, 9.17) is 4.42 Å². The molecule has 2 nitrogen and oxygen atoms in total. The van der Waals surface area contributed by atoms with Crippen molar-refractivity contribution >= 4 is 0 Å². The third-order valence-electron chi connectivity index (χ3n) is 5.52. The Morgan fingerprint density at radius 1 is 1.24 bits per heavy atom. The fraction of sp³-hybridized carbons (Fsp3) is 0.800. The molecule has 1 heterocycles. The lowest BCUT2D eigenvalue weighted by atomic mass is 9.44. The maximum atomic E-state index is 5.48. The van der Waals surface area contributed by atoms with Crippen LogP contribution in [0, 0.1) is 24.2 Å². The molecule has 5 rings (SSSR count). The minimum absolute atomic E-state index is 0.372. The van der Waals surface area contributed by atoms with Crippen molar-refractivity contribution in [1.29, 1.82) is 0 Å². The third kappa shape index (κ3) is 1.36. The summed E-state index contributed by atoms with van der Waals surface area (Å²) in [6.07, 6.45) is 10.4. The highest BCUT2D eigenvalue weighted by molar-refractivity contribution is 5.22. The monoisotopic (exact) mass is 231 g/mol. The van der Waals surface area contributed by atoms with Gasteiger partial charge in [-0.05, 0) is 55.8 Å². The molecule has 1 aromatic heterocycles. The number of aromatic nitrogens is 1. The Morgan fingerprint density at radius 2 is 1.94 bits per heavy atom. The van der Waals surface area contributed by atoms with E-state index in [-0.39, 0.29) is 0 Å². The van der Waals surface area contributed by atoms with Crippen LogP contribution in [0.4, 0.5) is 0 Å². The minimum Gasteiger partial charge on any atom is -0.449 e. The van der Waals surface area contributed by atoms with Crippen molar-refractivity contribution < 1.29 is 4.42 Å². The van der Waals surface area contributed by atoms with Gasteiger partial charge in [0.25, 0.3) is 0 Å². The van der Waals surface area contributed by atoms with Gasteiger partial charge >= 0.3 is 0 Å². The maximum absolute atomic E-state index is 5.48. The average molecular weight is 231 g/mol.